The molecule has 27 heavy (non-hydrogen) atoms. The predicted molar refractivity (Wildman–Crippen MR) is 99.3 cm³/mol. The highest BCUT2D eigenvalue weighted by atomic mass is 16.5. The first kappa shape index (κ1) is 18.4. The van der Waals surface area contributed by atoms with Gasteiger partial charge < -0.3 is 14.8 Å². The fourth-order valence-corrected chi connectivity index (χ4v) is 2.70. The topological polar surface area (TPSA) is 91.2 Å². The third kappa shape index (κ3) is 3.74. The van der Waals surface area contributed by atoms with Crippen molar-refractivity contribution in [2.24, 2.45) is 0 Å². The molecule has 0 bridgehead atoms. The molecule has 0 unspecified atom stereocenters. The second-order valence-electron chi connectivity index (χ2n) is 6.00. The molecule has 0 atom stereocenters. The Bertz CT molecular complexity index is 945. The largest absolute Gasteiger partial charge is 0.496 e. The van der Waals surface area contributed by atoms with Crippen LogP contribution in [0.1, 0.15) is 27.3 Å². The van der Waals surface area contributed by atoms with Gasteiger partial charge in [0.1, 0.15) is 17.1 Å². The molecule has 0 aliphatic rings. The zero-order valence-corrected chi connectivity index (χ0v) is 15.7. The first-order valence-corrected chi connectivity index (χ1v) is 8.39. The molecule has 0 radical (unpaired) electrons. The number of carbonyl (C=O) groups excluding carboxylic acids is 1. The summed E-state index contributed by atoms with van der Waals surface area (Å²) in [7, 11) is 3.01. The minimum Gasteiger partial charge on any atom is -0.496 e. The summed E-state index contributed by atoms with van der Waals surface area (Å²) in [6.07, 6.45) is 0. The third-order valence-electron chi connectivity index (χ3n) is 4.33. The number of methoxy groups -OCH3 is 2. The maximum atomic E-state index is 12.7. The smallest absolute Gasteiger partial charge is 0.259 e. The molecule has 0 saturated carbocycles. The molecule has 0 fully saturated rings. The van der Waals surface area contributed by atoms with Gasteiger partial charge in [-0.15, -0.1) is 5.10 Å². The fraction of sp³-hybridized carbons (Fsp3) is 0.263. The van der Waals surface area contributed by atoms with Crippen LogP contribution in [0.2, 0.25) is 0 Å². The Kier molecular flexibility index (Phi) is 5.35. The maximum Gasteiger partial charge on any atom is 0.259 e. The number of tetrazole rings is 1. The number of nitrogens with one attached hydrogen (secondary N) is 1. The van der Waals surface area contributed by atoms with Crippen LogP contribution in [0.5, 0.6) is 11.5 Å². The zero-order valence-electron chi connectivity index (χ0n) is 15.7. The predicted octanol–water partition coefficient (Wildman–Crippen LogP) is 2.23. The summed E-state index contributed by atoms with van der Waals surface area (Å²) < 4.78 is 12.2. The number of aromatic nitrogens is 4. The molecule has 1 aromatic heterocycles. The van der Waals surface area contributed by atoms with E-state index in [1.165, 1.54) is 19.8 Å². The summed E-state index contributed by atoms with van der Waals surface area (Å²) in [5.41, 5.74) is 3.48. The van der Waals surface area contributed by atoms with Crippen molar-refractivity contribution >= 4 is 5.91 Å². The molecule has 2 aromatic carbocycles. The molecule has 0 saturated heterocycles. The Labute approximate surface area is 157 Å². The summed E-state index contributed by atoms with van der Waals surface area (Å²) >= 11 is 0. The third-order valence-corrected chi connectivity index (χ3v) is 4.33. The number of nitrogens with zero attached hydrogens (tertiary/aromatic N) is 4. The normalized spacial score (nSPS) is 10.5. The second kappa shape index (κ2) is 7.86. The van der Waals surface area contributed by atoms with E-state index in [0.29, 0.717) is 22.9 Å². The lowest BCUT2D eigenvalue weighted by atomic mass is 10.1. The summed E-state index contributed by atoms with van der Waals surface area (Å²) in [6, 6.07) is 11.1. The quantitative estimate of drug-likeness (QED) is 0.718. The van der Waals surface area contributed by atoms with E-state index in [1.807, 2.05) is 32.0 Å². The van der Waals surface area contributed by atoms with E-state index in [2.05, 4.69) is 20.8 Å². The highest BCUT2D eigenvalue weighted by molar-refractivity contribution is 5.99. The van der Waals surface area contributed by atoms with Crippen LogP contribution in [0.4, 0.5) is 0 Å². The van der Waals surface area contributed by atoms with Gasteiger partial charge in [-0.3, -0.25) is 4.79 Å². The molecule has 1 heterocycles. The lowest BCUT2D eigenvalue weighted by molar-refractivity contribution is 0.0943. The van der Waals surface area contributed by atoms with Gasteiger partial charge >= 0.3 is 0 Å². The van der Waals surface area contributed by atoms with Crippen molar-refractivity contribution in [3.05, 3.63) is 58.9 Å². The first-order chi connectivity index (χ1) is 13.0. The van der Waals surface area contributed by atoms with Gasteiger partial charge in [0.05, 0.1) is 26.5 Å². The highest BCUT2D eigenvalue weighted by Gasteiger charge is 2.19. The van der Waals surface area contributed by atoms with Gasteiger partial charge in [0.15, 0.2) is 5.82 Å². The van der Waals surface area contributed by atoms with E-state index in [1.54, 1.807) is 22.9 Å². The van der Waals surface area contributed by atoms with Crippen molar-refractivity contribution in [1.29, 1.82) is 0 Å². The van der Waals surface area contributed by atoms with Gasteiger partial charge in [0, 0.05) is 0 Å². The summed E-state index contributed by atoms with van der Waals surface area (Å²) in [5, 5.41) is 14.6. The first-order valence-electron chi connectivity index (χ1n) is 8.39. The number of amides is 1. The SMILES string of the molecule is COc1cccc(OC)c1C(=O)NCc1nnnn1-c1ccc(C)c(C)c1. The molecule has 140 valence electrons. The molecule has 3 aromatic rings. The Morgan fingerprint density at radius 1 is 1.07 bits per heavy atom. The van der Waals surface area contributed by atoms with Crippen molar-refractivity contribution in [2.75, 3.05) is 14.2 Å². The maximum absolute atomic E-state index is 12.7. The summed E-state index contributed by atoms with van der Waals surface area (Å²) in [4.78, 5) is 12.7. The zero-order chi connectivity index (χ0) is 19.4. The standard InChI is InChI=1S/C19H21N5O3/c1-12-8-9-14(10-13(12)2)24-17(21-22-23-24)11-20-19(25)18-15(26-3)6-5-7-16(18)27-4/h5-10H,11H2,1-4H3,(H,20,25). The number of carbonyl (C=O) groups is 1. The Hall–Kier alpha value is -3.42. The van der Waals surface area contributed by atoms with Gasteiger partial charge in [-0.1, -0.05) is 12.1 Å². The van der Waals surface area contributed by atoms with Crippen LogP contribution >= 0.6 is 0 Å². The lowest BCUT2D eigenvalue weighted by Crippen LogP contribution is -2.25. The minimum atomic E-state index is -0.334. The average molecular weight is 367 g/mol. The number of rotatable bonds is 6. The molecule has 3 rings (SSSR count). The van der Waals surface area contributed by atoms with Crippen molar-refractivity contribution in [3.63, 3.8) is 0 Å². The van der Waals surface area contributed by atoms with Crippen molar-refractivity contribution in [2.45, 2.75) is 20.4 Å². The number of ether oxygens (including phenoxy) is 2. The average Bonchev–Trinajstić information content (AvgIpc) is 3.16. The van der Waals surface area contributed by atoms with Crippen LogP contribution in [0.3, 0.4) is 0 Å². The summed E-state index contributed by atoms with van der Waals surface area (Å²) in [5.74, 6) is 1.04. The lowest BCUT2D eigenvalue weighted by Gasteiger charge is -2.13. The van der Waals surface area contributed by atoms with Gasteiger partial charge in [-0.05, 0) is 59.7 Å². The van der Waals surface area contributed by atoms with Crippen LogP contribution in [-0.2, 0) is 6.54 Å². The Morgan fingerprint density at radius 3 is 2.41 bits per heavy atom. The van der Waals surface area contributed by atoms with E-state index in [4.69, 9.17) is 9.47 Å². The van der Waals surface area contributed by atoms with Crippen LogP contribution in [0, 0.1) is 13.8 Å². The molecule has 0 aliphatic carbocycles. The van der Waals surface area contributed by atoms with Gasteiger partial charge in [-0.25, -0.2) is 0 Å². The number of aryl methyl sites for hydroxylation is 2. The van der Waals surface area contributed by atoms with Crippen molar-refractivity contribution < 1.29 is 14.3 Å². The molecule has 0 aliphatic heterocycles. The van der Waals surface area contributed by atoms with Crippen molar-refractivity contribution in [3.8, 4) is 17.2 Å². The molecule has 1 N–H and O–H groups in total. The van der Waals surface area contributed by atoms with E-state index >= 15 is 0 Å². The van der Waals surface area contributed by atoms with Crippen LogP contribution in [0.25, 0.3) is 5.69 Å². The summed E-state index contributed by atoms with van der Waals surface area (Å²) in [6.45, 7) is 4.22. The van der Waals surface area contributed by atoms with E-state index in [-0.39, 0.29) is 12.5 Å². The minimum absolute atomic E-state index is 0.153. The fourth-order valence-electron chi connectivity index (χ4n) is 2.70. The van der Waals surface area contributed by atoms with E-state index in [0.717, 1.165) is 11.3 Å². The van der Waals surface area contributed by atoms with Gasteiger partial charge in [0.25, 0.3) is 5.91 Å². The molecule has 1 amide bonds. The second-order valence-corrected chi connectivity index (χ2v) is 6.00. The monoisotopic (exact) mass is 367 g/mol. The Morgan fingerprint density at radius 2 is 1.78 bits per heavy atom. The molecular weight excluding hydrogens is 346 g/mol. The molecule has 0 spiro atoms. The Balaban J connectivity index is 1.82. The van der Waals surface area contributed by atoms with E-state index < -0.39 is 0 Å². The molecular formula is C19H21N5O3. The number of hydrogen-bond donors (Lipinski definition) is 1. The van der Waals surface area contributed by atoms with Crippen LogP contribution in [0.15, 0.2) is 36.4 Å². The molecule has 8 nitrogen and oxygen atoms in total. The number of hydrogen-bond acceptors (Lipinski definition) is 6. The van der Waals surface area contributed by atoms with Crippen LogP contribution < -0.4 is 14.8 Å². The van der Waals surface area contributed by atoms with Gasteiger partial charge in [0.2, 0.25) is 0 Å². The highest BCUT2D eigenvalue weighted by Crippen LogP contribution is 2.28. The van der Waals surface area contributed by atoms with Crippen molar-refractivity contribution in [1.82, 2.24) is 25.5 Å². The molecule has 8 heteroatoms. The van der Waals surface area contributed by atoms with E-state index in [9.17, 15) is 4.79 Å². The van der Waals surface area contributed by atoms with Crippen LogP contribution in [-0.4, -0.2) is 40.3 Å². The van der Waals surface area contributed by atoms with Gasteiger partial charge in [-0.2, -0.15) is 4.68 Å². The number of benzene rings is 2.